The zero-order valence-corrected chi connectivity index (χ0v) is 15.6. The van der Waals surface area contributed by atoms with Crippen molar-refractivity contribution in [3.63, 3.8) is 0 Å². The second kappa shape index (κ2) is 7.97. The van der Waals surface area contributed by atoms with Gasteiger partial charge in [0, 0.05) is 19.1 Å². The van der Waals surface area contributed by atoms with E-state index in [1.165, 1.54) is 19.3 Å². The summed E-state index contributed by atoms with van der Waals surface area (Å²) in [6, 6.07) is 3.24. The topological polar surface area (TPSA) is 66.5 Å². The van der Waals surface area contributed by atoms with Crippen molar-refractivity contribution >= 4 is 27.3 Å². The summed E-state index contributed by atoms with van der Waals surface area (Å²) < 4.78 is 28.4. The first kappa shape index (κ1) is 17.9. The van der Waals surface area contributed by atoms with Crippen molar-refractivity contribution < 1.29 is 13.2 Å². The maximum Gasteiger partial charge on any atom is 0.263 e. The van der Waals surface area contributed by atoms with Crippen LogP contribution in [0.5, 0.6) is 0 Å². The second-order valence-corrected chi connectivity index (χ2v) is 9.81. The molecule has 0 aromatic carbocycles. The average Bonchev–Trinajstić information content (AvgIpc) is 3.20. The van der Waals surface area contributed by atoms with Crippen molar-refractivity contribution in [2.75, 3.05) is 13.1 Å². The molecule has 0 spiro atoms. The third-order valence-electron chi connectivity index (χ3n) is 4.88. The summed E-state index contributed by atoms with van der Waals surface area (Å²) in [4.78, 5) is 14.7. The Morgan fingerprint density at radius 1 is 1.00 bits per heavy atom. The predicted molar refractivity (Wildman–Crippen MR) is 95.9 cm³/mol. The van der Waals surface area contributed by atoms with Crippen LogP contribution in [0.25, 0.3) is 0 Å². The van der Waals surface area contributed by atoms with E-state index in [4.69, 9.17) is 0 Å². The van der Waals surface area contributed by atoms with Gasteiger partial charge >= 0.3 is 0 Å². The molecule has 1 aromatic heterocycles. The molecule has 24 heavy (non-hydrogen) atoms. The van der Waals surface area contributed by atoms with E-state index in [0.717, 1.165) is 63.0 Å². The van der Waals surface area contributed by atoms with Crippen LogP contribution in [0.2, 0.25) is 0 Å². The van der Waals surface area contributed by atoms with E-state index in [9.17, 15) is 13.2 Å². The zero-order chi connectivity index (χ0) is 17.0. The second-order valence-electron chi connectivity index (χ2n) is 6.78. The molecule has 5 nitrogen and oxygen atoms in total. The van der Waals surface area contributed by atoms with E-state index in [2.05, 4.69) is 4.72 Å². The van der Waals surface area contributed by atoms with Gasteiger partial charge in [0.25, 0.3) is 5.91 Å². The smallest absolute Gasteiger partial charge is 0.263 e. The van der Waals surface area contributed by atoms with E-state index in [-0.39, 0.29) is 16.2 Å². The van der Waals surface area contributed by atoms with E-state index in [0.29, 0.717) is 4.88 Å². The van der Waals surface area contributed by atoms with Crippen molar-refractivity contribution in [1.82, 2.24) is 9.62 Å². The number of rotatable bonds is 4. The molecular formula is C17H26N2O3S2. The van der Waals surface area contributed by atoms with Gasteiger partial charge in [-0.25, -0.2) is 13.1 Å². The van der Waals surface area contributed by atoms with Crippen LogP contribution in [0.15, 0.2) is 16.3 Å². The van der Waals surface area contributed by atoms with E-state index >= 15 is 0 Å². The number of sulfonamides is 1. The van der Waals surface area contributed by atoms with E-state index < -0.39 is 10.0 Å². The van der Waals surface area contributed by atoms with Crippen molar-refractivity contribution in [3.8, 4) is 0 Å². The third-order valence-corrected chi connectivity index (χ3v) is 7.96. The molecule has 1 amide bonds. The number of nitrogens with one attached hydrogen (secondary N) is 1. The van der Waals surface area contributed by atoms with Gasteiger partial charge in [-0.2, -0.15) is 0 Å². The molecule has 0 bridgehead atoms. The molecule has 134 valence electrons. The number of nitrogens with zero attached hydrogens (tertiary/aromatic N) is 1. The Hall–Kier alpha value is -0.920. The minimum atomic E-state index is -3.53. The quantitative estimate of drug-likeness (QED) is 0.883. The molecule has 0 atom stereocenters. The van der Waals surface area contributed by atoms with Crippen LogP contribution in [0.4, 0.5) is 0 Å². The highest BCUT2D eigenvalue weighted by Crippen LogP contribution is 2.26. The standard InChI is InChI=1S/C17H26N2O3S2/c20-17(19-12-6-7-13-19)15-10-11-16(23-15)24(21,22)18-14-8-4-2-1-3-5-9-14/h10-11,14,18H,1-9,12-13H2. The molecule has 1 aliphatic heterocycles. The molecule has 2 fully saturated rings. The fourth-order valence-corrected chi connectivity index (χ4v) is 6.10. The average molecular weight is 371 g/mol. The van der Waals surface area contributed by atoms with Gasteiger partial charge in [0.15, 0.2) is 0 Å². The number of hydrogen-bond donors (Lipinski definition) is 1. The molecule has 1 saturated heterocycles. The maximum atomic E-state index is 12.6. The van der Waals surface area contributed by atoms with Crippen LogP contribution < -0.4 is 4.72 Å². The molecular weight excluding hydrogens is 344 g/mol. The van der Waals surface area contributed by atoms with Gasteiger partial charge in [-0.1, -0.05) is 32.1 Å². The fraction of sp³-hybridized carbons (Fsp3) is 0.706. The van der Waals surface area contributed by atoms with E-state index in [1.54, 1.807) is 12.1 Å². The Labute approximate surface area is 148 Å². The molecule has 7 heteroatoms. The van der Waals surface area contributed by atoms with Crippen molar-refractivity contribution in [1.29, 1.82) is 0 Å². The Morgan fingerprint density at radius 3 is 2.29 bits per heavy atom. The van der Waals surface area contributed by atoms with Crippen molar-refractivity contribution in [2.45, 2.75) is 68.0 Å². The Morgan fingerprint density at radius 2 is 1.62 bits per heavy atom. The summed E-state index contributed by atoms with van der Waals surface area (Å²) in [5, 5.41) is 0. The summed E-state index contributed by atoms with van der Waals surface area (Å²) in [5.41, 5.74) is 0. The lowest BCUT2D eigenvalue weighted by atomic mass is 9.97. The van der Waals surface area contributed by atoms with Crippen molar-refractivity contribution in [3.05, 3.63) is 17.0 Å². The number of hydrogen-bond acceptors (Lipinski definition) is 4. The van der Waals surface area contributed by atoms with Crippen LogP contribution in [0, 0.1) is 0 Å². The van der Waals surface area contributed by atoms with E-state index in [1.807, 2.05) is 4.90 Å². The molecule has 1 saturated carbocycles. The third kappa shape index (κ3) is 4.37. The number of carbonyl (C=O) groups excluding carboxylic acids is 1. The van der Waals surface area contributed by atoms with Gasteiger partial charge in [-0.3, -0.25) is 4.79 Å². The lowest BCUT2D eigenvalue weighted by molar-refractivity contribution is 0.0797. The lowest BCUT2D eigenvalue weighted by Gasteiger charge is -2.20. The molecule has 1 aliphatic carbocycles. The van der Waals surface area contributed by atoms with Gasteiger partial charge < -0.3 is 4.90 Å². The highest BCUT2D eigenvalue weighted by molar-refractivity contribution is 7.91. The highest BCUT2D eigenvalue weighted by atomic mass is 32.2. The molecule has 0 unspecified atom stereocenters. The summed E-state index contributed by atoms with van der Waals surface area (Å²) in [5.74, 6) is -0.0371. The number of thiophene rings is 1. The first-order valence-electron chi connectivity index (χ1n) is 8.98. The largest absolute Gasteiger partial charge is 0.338 e. The molecule has 0 radical (unpaired) electrons. The Kier molecular flexibility index (Phi) is 5.94. The normalized spacial score (nSPS) is 20.8. The Balaban J connectivity index is 1.67. The van der Waals surface area contributed by atoms with Crippen molar-refractivity contribution in [2.24, 2.45) is 0 Å². The van der Waals surface area contributed by atoms with Crippen LogP contribution >= 0.6 is 11.3 Å². The van der Waals surface area contributed by atoms with Gasteiger partial charge in [-0.15, -0.1) is 11.3 Å². The molecule has 1 N–H and O–H groups in total. The van der Waals surface area contributed by atoms with Gasteiger partial charge in [0.2, 0.25) is 10.0 Å². The number of carbonyl (C=O) groups is 1. The minimum Gasteiger partial charge on any atom is -0.338 e. The number of amides is 1. The lowest BCUT2D eigenvalue weighted by Crippen LogP contribution is -2.34. The van der Waals surface area contributed by atoms with Crippen LogP contribution in [-0.2, 0) is 10.0 Å². The summed E-state index contributed by atoms with van der Waals surface area (Å²) in [7, 11) is -3.53. The van der Waals surface area contributed by atoms with Crippen LogP contribution in [0.3, 0.4) is 0 Å². The first-order chi connectivity index (χ1) is 11.6. The van der Waals surface area contributed by atoms with Gasteiger partial charge in [0.1, 0.15) is 4.21 Å². The van der Waals surface area contributed by atoms with Gasteiger partial charge in [-0.05, 0) is 37.8 Å². The number of likely N-dealkylation sites (tertiary alicyclic amines) is 1. The monoisotopic (exact) mass is 370 g/mol. The van der Waals surface area contributed by atoms with Crippen LogP contribution in [0.1, 0.15) is 67.5 Å². The summed E-state index contributed by atoms with van der Waals surface area (Å²) >= 11 is 1.09. The summed E-state index contributed by atoms with van der Waals surface area (Å²) in [6.07, 6.45) is 9.67. The molecule has 2 heterocycles. The maximum absolute atomic E-state index is 12.6. The summed E-state index contributed by atoms with van der Waals surface area (Å²) in [6.45, 7) is 1.55. The fourth-order valence-electron chi connectivity index (χ4n) is 3.51. The SMILES string of the molecule is O=C(c1ccc(S(=O)(=O)NC2CCCCCCC2)s1)N1CCCC1. The predicted octanol–water partition coefficient (Wildman–Crippen LogP) is 3.38. The highest BCUT2D eigenvalue weighted by Gasteiger charge is 2.26. The first-order valence-corrected chi connectivity index (χ1v) is 11.3. The molecule has 2 aliphatic rings. The minimum absolute atomic E-state index is 0.0233. The van der Waals surface area contributed by atoms with Gasteiger partial charge in [0.05, 0.1) is 4.88 Å². The molecule has 3 rings (SSSR count). The van der Waals surface area contributed by atoms with Crippen LogP contribution in [-0.4, -0.2) is 38.4 Å². The molecule has 1 aromatic rings. The zero-order valence-electron chi connectivity index (χ0n) is 14.0. The Bertz CT molecular complexity index is 655.